The van der Waals surface area contributed by atoms with Gasteiger partial charge in [0.15, 0.2) is 0 Å². The molecule has 6 nitrogen and oxygen atoms in total. The number of hydrogen-bond donors (Lipinski definition) is 1. The highest BCUT2D eigenvalue weighted by molar-refractivity contribution is 5.94. The number of hydrogen-bond acceptors (Lipinski definition) is 4. The van der Waals surface area contributed by atoms with E-state index in [1.54, 1.807) is 0 Å². The normalized spacial score (nSPS) is 15.1. The van der Waals surface area contributed by atoms with E-state index in [0.717, 1.165) is 18.4 Å². The summed E-state index contributed by atoms with van der Waals surface area (Å²) in [6, 6.07) is 7.90. The van der Waals surface area contributed by atoms with E-state index >= 15 is 0 Å². The second-order valence-corrected chi connectivity index (χ2v) is 6.91. The van der Waals surface area contributed by atoms with Crippen molar-refractivity contribution in [1.82, 2.24) is 20.2 Å². The van der Waals surface area contributed by atoms with Crippen molar-refractivity contribution in [1.29, 1.82) is 0 Å². The van der Waals surface area contributed by atoms with Gasteiger partial charge in [-0.1, -0.05) is 26.0 Å². The number of piperidine rings is 1. The molecule has 2 aromatic rings. The van der Waals surface area contributed by atoms with Crippen LogP contribution >= 0.6 is 0 Å². The van der Waals surface area contributed by atoms with E-state index in [-0.39, 0.29) is 17.9 Å². The van der Waals surface area contributed by atoms with E-state index < -0.39 is 0 Å². The summed E-state index contributed by atoms with van der Waals surface area (Å²) in [6.07, 6.45) is 5.97. The molecule has 1 aromatic carbocycles. The molecule has 0 spiro atoms. The Morgan fingerprint density at radius 1 is 1.12 bits per heavy atom. The minimum Gasteiger partial charge on any atom is -0.348 e. The molecule has 0 aliphatic carbocycles. The van der Waals surface area contributed by atoms with Crippen molar-refractivity contribution in [3.05, 3.63) is 59.7 Å². The second-order valence-electron chi connectivity index (χ2n) is 6.91. The maximum Gasteiger partial charge on any atom is 0.271 e. The molecular formula is C20H24N4O2. The number of benzene rings is 1. The molecule has 6 heteroatoms. The van der Waals surface area contributed by atoms with Gasteiger partial charge in [-0.2, -0.15) is 0 Å². The number of rotatable bonds is 4. The summed E-state index contributed by atoms with van der Waals surface area (Å²) in [5, 5.41) is 2.97. The summed E-state index contributed by atoms with van der Waals surface area (Å²) in [6.45, 7) is 5.54. The molecule has 0 unspecified atom stereocenters. The number of carbonyl (C=O) groups excluding carboxylic acids is 2. The van der Waals surface area contributed by atoms with Crippen LogP contribution in [0.5, 0.6) is 0 Å². The Hall–Kier alpha value is -2.76. The number of likely N-dealkylation sites (tertiary alicyclic amines) is 1. The molecule has 1 saturated heterocycles. The van der Waals surface area contributed by atoms with Gasteiger partial charge in [0.05, 0.1) is 6.20 Å². The highest BCUT2D eigenvalue weighted by Gasteiger charge is 2.25. The lowest BCUT2D eigenvalue weighted by atomic mass is 10.0. The molecule has 2 amide bonds. The van der Waals surface area contributed by atoms with E-state index in [4.69, 9.17) is 0 Å². The number of amides is 2. The molecule has 3 rings (SSSR count). The van der Waals surface area contributed by atoms with Crippen LogP contribution in [0.3, 0.4) is 0 Å². The van der Waals surface area contributed by atoms with Gasteiger partial charge in [-0.15, -0.1) is 0 Å². The molecule has 26 heavy (non-hydrogen) atoms. The van der Waals surface area contributed by atoms with E-state index in [0.29, 0.717) is 24.7 Å². The second kappa shape index (κ2) is 8.08. The van der Waals surface area contributed by atoms with Gasteiger partial charge >= 0.3 is 0 Å². The summed E-state index contributed by atoms with van der Waals surface area (Å²) in [4.78, 5) is 34.6. The third-order valence-electron chi connectivity index (χ3n) is 4.74. The summed E-state index contributed by atoms with van der Waals surface area (Å²) >= 11 is 0. The predicted octanol–water partition coefficient (Wildman–Crippen LogP) is 2.63. The molecule has 0 bridgehead atoms. The number of nitrogens with one attached hydrogen (secondary N) is 1. The van der Waals surface area contributed by atoms with Crippen LogP contribution in [-0.2, 0) is 0 Å². The third-order valence-corrected chi connectivity index (χ3v) is 4.74. The number of carbonyl (C=O) groups is 2. The SMILES string of the molecule is CC(C)c1ccc(C(=O)N2CCC(NC(=O)c3cnccn3)CC2)cc1. The van der Waals surface area contributed by atoms with E-state index in [9.17, 15) is 9.59 Å². The smallest absolute Gasteiger partial charge is 0.271 e. The first kappa shape index (κ1) is 18.0. The maximum absolute atomic E-state index is 12.7. The summed E-state index contributed by atoms with van der Waals surface area (Å²) in [5.41, 5.74) is 2.26. The van der Waals surface area contributed by atoms with Crippen molar-refractivity contribution in [3.8, 4) is 0 Å². The maximum atomic E-state index is 12.7. The first-order chi connectivity index (χ1) is 12.5. The van der Waals surface area contributed by atoms with Gasteiger partial charge in [0, 0.05) is 37.1 Å². The molecule has 2 heterocycles. The lowest BCUT2D eigenvalue weighted by Gasteiger charge is -2.32. The van der Waals surface area contributed by atoms with Crippen LogP contribution in [0.15, 0.2) is 42.9 Å². The summed E-state index contributed by atoms with van der Waals surface area (Å²) < 4.78 is 0. The van der Waals surface area contributed by atoms with Crippen molar-refractivity contribution in [2.24, 2.45) is 0 Å². The molecule has 0 radical (unpaired) electrons. The molecule has 1 fully saturated rings. The fourth-order valence-electron chi connectivity index (χ4n) is 3.10. The van der Waals surface area contributed by atoms with Gasteiger partial charge in [-0.25, -0.2) is 4.98 Å². The van der Waals surface area contributed by atoms with Crippen molar-refractivity contribution < 1.29 is 9.59 Å². The summed E-state index contributed by atoms with van der Waals surface area (Å²) in [7, 11) is 0. The molecule has 0 atom stereocenters. The van der Waals surface area contributed by atoms with Crippen LogP contribution in [0.1, 0.15) is 59.0 Å². The average molecular weight is 352 g/mol. The van der Waals surface area contributed by atoms with Gasteiger partial charge in [-0.3, -0.25) is 14.6 Å². The van der Waals surface area contributed by atoms with Crippen LogP contribution in [0.4, 0.5) is 0 Å². The molecule has 1 N–H and O–H groups in total. The van der Waals surface area contributed by atoms with Crippen LogP contribution in [0, 0.1) is 0 Å². The third kappa shape index (κ3) is 4.25. The van der Waals surface area contributed by atoms with Crippen molar-refractivity contribution in [2.45, 2.75) is 38.6 Å². The van der Waals surface area contributed by atoms with Crippen LogP contribution in [0.25, 0.3) is 0 Å². The van der Waals surface area contributed by atoms with E-state index in [1.165, 1.54) is 24.2 Å². The topological polar surface area (TPSA) is 75.2 Å². The van der Waals surface area contributed by atoms with E-state index in [1.807, 2.05) is 29.2 Å². The van der Waals surface area contributed by atoms with Crippen molar-refractivity contribution in [2.75, 3.05) is 13.1 Å². The monoisotopic (exact) mass is 352 g/mol. The first-order valence-electron chi connectivity index (χ1n) is 9.00. The molecule has 136 valence electrons. The number of nitrogens with zero attached hydrogens (tertiary/aromatic N) is 3. The zero-order valence-corrected chi connectivity index (χ0v) is 15.2. The Labute approximate surface area is 153 Å². The lowest BCUT2D eigenvalue weighted by Crippen LogP contribution is -2.46. The molecule has 0 saturated carbocycles. The van der Waals surface area contributed by atoms with Crippen molar-refractivity contribution in [3.63, 3.8) is 0 Å². The van der Waals surface area contributed by atoms with Crippen LogP contribution in [-0.4, -0.2) is 45.8 Å². The standard InChI is InChI=1S/C20H24N4O2/c1-14(2)15-3-5-16(6-4-15)20(26)24-11-7-17(8-12-24)23-19(25)18-13-21-9-10-22-18/h3-6,9-10,13-14,17H,7-8,11-12H2,1-2H3,(H,23,25). The molecule has 1 aliphatic rings. The van der Waals surface area contributed by atoms with E-state index in [2.05, 4.69) is 29.1 Å². The largest absolute Gasteiger partial charge is 0.348 e. The Kier molecular flexibility index (Phi) is 5.61. The minimum absolute atomic E-state index is 0.0527. The fraction of sp³-hybridized carbons (Fsp3) is 0.400. The Balaban J connectivity index is 1.53. The molecular weight excluding hydrogens is 328 g/mol. The Morgan fingerprint density at radius 3 is 2.38 bits per heavy atom. The quantitative estimate of drug-likeness (QED) is 0.918. The fourth-order valence-corrected chi connectivity index (χ4v) is 3.10. The number of aromatic nitrogens is 2. The van der Waals surface area contributed by atoms with Gasteiger partial charge in [-0.05, 0) is 36.5 Å². The summed E-state index contributed by atoms with van der Waals surface area (Å²) in [5.74, 6) is 0.291. The Morgan fingerprint density at radius 2 is 1.81 bits per heavy atom. The van der Waals surface area contributed by atoms with Gasteiger partial charge < -0.3 is 10.2 Å². The zero-order chi connectivity index (χ0) is 18.5. The highest BCUT2D eigenvalue weighted by atomic mass is 16.2. The average Bonchev–Trinajstić information content (AvgIpc) is 2.69. The minimum atomic E-state index is -0.216. The van der Waals surface area contributed by atoms with Crippen LogP contribution in [0.2, 0.25) is 0 Å². The van der Waals surface area contributed by atoms with Crippen molar-refractivity contribution >= 4 is 11.8 Å². The molecule has 1 aromatic heterocycles. The first-order valence-corrected chi connectivity index (χ1v) is 9.00. The van der Waals surface area contributed by atoms with Gasteiger partial charge in [0.2, 0.25) is 0 Å². The predicted molar refractivity (Wildman–Crippen MR) is 99.0 cm³/mol. The lowest BCUT2D eigenvalue weighted by molar-refractivity contribution is 0.0697. The zero-order valence-electron chi connectivity index (χ0n) is 15.2. The Bertz CT molecular complexity index is 751. The van der Waals surface area contributed by atoms with Gasteiger partial charge in [0.1, 0.15) is 5.69 Å². The highest BCUT2D eigenvalue weighted by Crippen LogP contribution is 2.18. The van der Waals surface area contributed by atoms with Crippen LogP contribution < -0.4 is 5.32 Å². The van der Waals surface area contributed by atoms with Gasteiger partial charge in [0.25, 0.3) is 11.8 Å². The molecule has 1 aliphatic heterocycles.